The first-order valence-corrected chi connectivity index (χ1v) is 5.14. The Kier molecular flexibility index (Phi) is 2.08. The highest BCUT2D eigenvalue weighted by molar-refractivity contribution is 5.82. The fourth-order valence-corrected chi connectivity index (χ4v) is 1.70. The van der Waals surface area contributed by atoms with E-state index < -0.39 is 0 Å². The molecule has 0 aliphatic rings. The van der Waals surface area contributed by atoms with Gasteiger partial charge in [-0.25, -0.2) is 4.39 Å². The number of rotatable bonds is 1. The van der Waals surface area contributed by atoms with Crippen LogP contribution in [0.1, 0.15) is 0 Å². The minimum Gasteiger partial charge on any atom is -0.454 e. The normalized spacial score (nSPS) is 10.9. The van der Waals surface area contributed by atoms with E-state index in [1.165, 1.54) is 6.07 Å². The molecule has 0 saturated heterocycles. The van der Waals surface area contributed by atoms with Crippen LogP contribution in [-0.2, 0) is 0 Å². The Hall–Kier alpha value is -2.36. The SMILES string of the molecule is Nc1ccc(-c2cc3c(F)cccc3o2)nc1. The molecule has 0 amide bonds. The zero-order valence-corrected chi connectivity index (χ0v) is 8.85. The molecule has 2 heterocycles. The van der Waals surface area contributed by atoms with Gasteiger partial charge in [0.1, 0.15) is 17.1 Å². The van der Waals surface area contributed by atoms with Gasteiger partial charge in [0, 0.05) is 0 Å². The van der Waals surface area contributed by atoms with Gasteiger partial charge in [-0.2, -0.15) is 0 Å². The third kappa shape index (κ3) is 1.63. The molecule has 2 N–H and O–H groups in total. The molecule has 0 unspecified atom stereocenters. The van der Waals surface area contributed by atoms with Gasteiger partial charge in [-0.1, -0.05) is 6.07 Å². The fraction of sp³-hybridized carbons (Fsp3) is 0. The molecule has 3 aromatic rings. The number of fused-ring (bicyclic) bond motifs is 1. The minimum absolute atomic E-state index is 0.298. The summed E-state index contributed by atoms with van der Waals surface area (Å²) in [4.78, 5) is 4.13. The number of halogens is 1. The summed E-state index contributed by atoms with van der Waals surface area (Å²) < 4.78 is 19.0. The molecule has 0 saturated carbocycles. The molecule has 0 aliphatic heterocycles. The third-order valence-electron chi connectivity index (χ3n) is 2.55. The number of benzene rings is 1. The van der Waals surface area contributed by atoms with E-state index in [1.807, 2.05) is 0 Å². The summed E-state index contributed by atoms with van der Waals surface area (Å²) in [7, 11) is 0. The number of furan rings is 1. The van der Waals surface area contributed by atoms with Crippen molar-refractivity contribution in [1.82, 2.24) is 4.98 Å². The number of aromatic nitrogens is 1. The summed E-state index contributed by atoms with van der Waals surface area (Å²) in [6.45, 7) is 0. The van der Waals surface area contributed by atoms with Crippen LogP contribution in [0, 0.1) is 5.82 Å². The molecule has 84 valence electrons. The van der Waals surface area contributed by atoms with Gasteiger partial charge in [0.15, 0.2) is 5.76 Å². The molecule has 0 spiro atoms. The van der Waals surface area contributed by atoms with Crippen LogP contribution in [-0.4, -0.2) is 4.98 Å². The van der Waals surface area contributed by atoms with Crippen molar-refractivity contribution >= 4 is 16.7 Å². The lowest BCUT2D eigenvalue weighted by Crippen LogP contribution is -1.86. The maximum Gasteiger partial charge on any atom is 0.153 e. The predicted molar refractivity (Wildman–Crippen MR) is 63.8 cm³/mol. The molecule has 1 aromatic carbocycles. The van der Waals surface area contributed by atoms with Gasteiger partial charge in [-0.3, -0.25) is 4.98 Å². The van der Waals surface area contributed by atoms with Crippen molar-refractivity contribution in [2.24, 2.45) is 0 Å². The molecule has 4 heteroatoms. The highest BCUT2D eigenvalue weighted by Gasteiger charge is 2.09. The monoisotopic (exact) mass is 228 g/mol. The third-order valence-corrected chi connectivity index (χ3v) is 2.55. The number of hydrogen-bond acceptors (Lipinski definition) is 3. The summed E-state index contributed by atoms with van der Waals surface area (Å²) >= 11 is 0. The predicted octanol–water partition coefficient (Wildman–Crippen LogP) is 3.22. The summed E-state index contributed by atoms with van der Waals surface area (Å²) in [6.07, 6.45) is 1.54. The van der Waals surface area contributed by atoms with Gasteiger partial charge < -0.3 is 10.2 Å². The van der Waals surface area contributed by atoms with Gasteiger partial charge in [-0.15, -0.1) is 0 Å². The van der Waals surface area contributed by atoms with Gasteiger partial charge in [0.05, 0.1) is 17.3 Å². The van der Waals surface area contributed by atoms with E-state index in [0.29, 0.717) is 28.1 Å². The maximum atomic E-state index is 13.5. The summed E-state index contributed by atoms with van der Waals surface area (Å²) in [5.41, 5.74) is 7.28. The summed E-state index contributed by atoms with van der Waals surface area (Å²) in [5, 5.41) is 0.459. The van der Waals surface area contributed by atoms with Crippen LogP contribution in [0.4, 0.5) is 10.1 Å². The number of anilines is 1. The Morgan fingerprint density at radius 1 is 1.18 bits per heavy atom. The van der Waals surface area contributed by atoms with Crippen LogP contribution in [0.3, 0.4) is 0 Å². The van der Waals surface area contributed by atoms with Crippen LogP contribution in [0.25, 0.3) is 22.4 Å². The van der Waals surface area contributed by atoms with Crippen molar-refractivity contribution in [3.05, 3.63) is 48.4 Å². The quantitative estimate of drug-likeness (QED) is 0.695. The molecule has 0 radical (unpaired) electrons. The van der Waals surface area contributed by atoms with Crippen LogP contribution in [0.2, 0.25) is 0 Å². The first-order chi connectivity index (χ1) is 8.24. The Bertz CT molecular complexity index is 673. The van der Waals surface area contributed by atoms with Crippen molar-refractivity contribution in [3.8, 4) is 11.5 Å². The van der Waals surface area contributed by atoms with Gasteiger partial charge >= 0.3 is 0 Å². The Labute approximate surface area is 96.7 Å². The number of nitrogens with two attached hydrogens (primary N) is 1. The number of pyridine rings is 1. The van der Waals surface area contributed by atoms with E-state index >= 15 is 0 Å². The van der Waals surface area contributed by atoms with E-state index in [9.17, 15) is 4.39 Å². The van der Waals surface area contributed by atoms with E-state index in [0.717, 1.165) is 0 Å². The standard InChI is InChI=1S/C13H9FN2O/c14-10-2-1-3-12-9(10)6-13(17-12)11-5-4-8(15)7-16-11/h1-7H,15H2. The van der Waals surface area contributed by atoms with Crippen molar-refractivity contribution in [2.45, 2.75) is 0 Å². The number of hydrogen-bond donors (Lipinski definition) is 1. The topological polar surface area (TPSA) is 52.0 Å². The van der Waals surface area contributed by atoms with Gasteiger partial charge in [0.25, 0.3) is 0 Å². The van der Waals surface area contributed by atoms with Crippen molar-refractivity contribution < 1.29 is 8.81 Å². The van der Waals surface area contributed by atoms with Crippen LogP contribution in [0.5, 0.6) is 0 Å². The van der Waals surface area contributed by atoms with Crippen LogP contribution >= 0.6 is 0 Å². The number of nitrogens with zero attached hydrogens (tertiary/aromatic N) is 1. The first kappa shape index (κ1) is 9.84. The highest BCUT2D eigenvalue weighted by atomic mass is 19.1. The molecule has 2 aromatic heterocycles. The summed E-state index contributed by atoms with van der Waals surface area (Å²) in [6, 6.07) is 9.85. The molecule has 3 nitrogen and oxygen atoms in total. The molecule has 0 aliphatic carbocycles. The smallest absolute Gasteiger partial charge is 0.153 e. The fourth-order valence-electron chi connectivity index (χ4n) is 1.70. The van der Waals surface area contributed by atoms with Crippen molar-refractivity contribution in [3.63, 3.8) is 0 Å². The maximum absolute atomic E-state index is 13.5. The van der Waals surface area contributed by atoms with E-state index in [1.54, 1.807) is 36.5 Å². The summed E-state index contributed by atoms with van der Waals surface area (Å²) in [5.74, 6) is 0.234. The van der Waals surface area contributed by atoms with Crippen molar-refractivity contribution in [2.75, 3.05) is 5.73 Å². The first-order valence-electron chi connectivity index (χ1n) is 5.14. The van der Waals surface area contributed by atoms with Crippen LogP contribution in [0.15, 0.2) is 47.0 Å². The van der Waals surface area contributed by atoms with E-state index in [-0.39, 0.29) is 5.82 Å². The minimum atomic E-state index is -0.298. The Balaban J connectivity index is 2.18. The van der Waals surface area contributed by atoms with Crippen LogP contribution < -0.4 is 5.73 Å². The lowest BCUT2D eigenvalue weighted by molar-refractivity contribution is 0.620. The lowest BCUT2D eigenvalue weighted by atomic mass is 10.2. The molecular weight excluding hydrogens is 219 g/mol. The second-order valence-corrected chi connectivity index (χ2v) is 3.74. The molecule has 0 bridgehead atoms. The molecule has 17 heavy (non-hydrogen) atoms. The lowest BCUT2D eigenvalue weighted by Gasteiger charge is -1.95. The Morgan fingerprint density at radius 3 is 2.76 bits per heavy atom. The van der Waals surface area contributed by atoms with Gasteiger partial charge in [-0.05, 0) is 30.3 Å². The highest BCUT2D eigenvalue weighted by Crippen LogP contribution is 2.28. The molecule has 0 fully saturated rings. The average molecular weight is 228 g/mol. The molecule has 0 atom stereocenters. The second-order valence-electron chi connectivity index (χ2n) is 3.74. The van der Waals surface area contributed by atoms with E-state index in [2.05, 4.69) is 4.98 Å². The van der Waals surface area contributed by atoms with Gasteiger partial charge in [0.2, 0.25) is 0 Å². The van der Waals surface area contributed by atoms with E-state index in [4.69, 9.17) is 10.2 Å². The molecular formula is C13H9FN2O. The average Bonchev–Trinajstić information content (AvgIpc) is 2.75. The van der Waals surface area contributed by atoms with Crippen molar-refractivity contribution in [1.29, 1.82) is 0 Å². The molecule has 3 rings (SSSR count). The largest absolute Gasteiger partial charge is 0.454 e. The zero-order chi connectivity index (χ0) is 11.8. The number of nitrogen functional groups attached to an aromatic ring is 1. The Morgan fingerprint density at radius 2 is 2.06 bits per heavy atom. The zero-order valence-electron chi connectivity index (χ0n) is 8.85. The second kappa shape index (κ2) is 3.59.